The number of amides is 1. The molecule has 1 saturated heterocycles. The van der Waals surface area contributed by atoms with Crippen LogP contribution in [0.5, 0.6) is 0 Å². The molecule has 0 saturated carbocycles. The minimum Gasteiger partial charge on any atom is -0.456 e. The number of hydrogen-bond acceptors (Lipinski definition) is 5. The normalized spacial score (nSPS) is 15.9. The molecule has 3 heterocycles. The maximum atomic E-state index is 12.6. The van der Waals surface area contributed by atoms with Gasteiger partial charge >= 0.3 is 0 Å². The molecule has 1 N–H and O–H groups in total. The van der Waals surface area contributed by atoms with E-state index in [1.54, 1.807) is 0 Å². The van der Waals surface area contributed by atoms with Crippen LogP contribution in [0.15, 0.2) is 16.7 Å². The Labute approximate surface area is 142 Å². The van der Waals surface area contributed by atoms with Crippen molar-refractivity contribution in [1.82, 2.24) is 25.2 Å². The topological polar surface area (TPSA) is 76.2 Å². The number of aryl methyl sites for hydroxylation is 2. The summed E-state index contributed by atoms with van der Waals surface area (Å²) >= 11 is 0. The van der Waals surface area contributed by atoms with Gasteiger partial charge in [0, 0.05) is 37.9 Å². The molecule has 0 aromatic carbocycles. The van der Waals surface area contributed by atoms with Gasteiger partial charge in [-0.1, -0.05) is 5.21 Å². The number of furan rings is 1. The minimum absolute atomic E-state index is 0.0103. The quantitative estimate of drug-likeness (QED) is 0.903. The monoisotopic (exact) mass is 331 g/mol. The van der Waals surface area contributed by atoms with Gasteiger partial charge in [-0.2, -0.15) is 0 Å². The molecule has 3 rings (SSSR count). The zero-order chi connectivity index (χ0) is 17.1. The molecular weight excluding hydrogens is 306 g/mol. The lowest BCUT2D eigenvalue weighted by molar-refractivity contribution is 0.0646. The second-order valence-corrected chi connectivity index (χ2v) is 6.57. The smallest absolute Gasteiger partial charge is 0.289 e. The van der Waals surface area contributed by atoms with E-state index in [0.717, 1.165) is 56.0 Å². The summed E-state index contributed by atoms with van der Waals surface area (Å²) < 4.78 is 7.47. The maximum absolute atomic E-state index is 12.6. The van der Waals surface area contributed by atoms with Gasteiger partial charge < -0.3 is 14.6 Å². The first-order valence-corrected chi connectivity index (χ1v) is 8.46. The summed E-state index contributed by atoms with van der Waals surface area (Å²) in [5.41, 5.74) is 1.87. The van der Waals surface area contributed by atoms with Crippen LogP contribution in [0.1, 0.15) is 40.4 Å². The first-order chi connectivity index (χ1) is 11.6. The summed E-state index contributed by atoms with van der Waals surface area (Å²) in [6.07, 6.45) is 3.94. The molecule has 2 aromatic heterocycles. The van der Waals surface area contributed by atoms with E-state index in [1.807, 2.05) is 42.7 Å². The molecule has 0 spiro atoms. The largest absolute Gasteiger partial charge is 0.456 e. The van der Waals surface area contributed by atoms with Crippen molar-refractivity contribution in [3.8, 4) is 0 Å². The number of aromatic nitrogens is 3. The first kappa shape index (κ1) is 16.7. The van der Waals surface area contributed by atoms with Crippen molar-refractivity contribution in [3.63, 3.8) is 0 Å². The van der Waals surface area contributed by atoms with Crippen molar-refractivity contribution >= 4 is 5.91 Å². The van der Waals surface area contributed by atoms with E-state index >= 15 is 0 Å². The van der Waals surface area contributed by atoms with Gasteiger partial charge in [0.05, 0.1) is 5.69 Å². The van der Waals surface area contributed by atoms with Crippen molar-refractivity contribution in [3.05, 3.63) is 35.0 Å². The van der Waals surface area contributed by atoms with Gasteiger partial charge in [0.25, 0.3) is 5.91 Å². The van der Waals surface area contributed by atoms with E-state index in [4.69, 9.17) is 4.42 Å². The highest BCUT2D eigenvalue weighted by Crippen LogP contribution is 2.22. The van der Waals surface area contributed by atoms with Crippen LogP contribution in [0.3, 0.4) is 0 Å². The number of nitrogens with zero attached hydrogens (tertiary/aromatic N) is 4. The Morgan fingerprint density at radius 1 is 1.38 bits per heavy atom. The van der Waals surface area contributed by atoms with Crippen molar-refractivity contribution in [1.29, 1.82) is 0 Å². The summed E-state index contributed by atoms with van der Waals surface area (Å²) in [6.45, 7) is 6.91. The molecule has 0 bridgehead atoms. The van der Waals surface area contributed by atoms with Gasteiger partial charge in [-0.15, -0.1) is 5.10 Å². The van der Waals surface area contributed by atoms with Gasteiger partial charge in [0.2, 0.25) is 0 Å². The fraction of sp³-hybridized carbons (Fsp3) is 0.588. The third kappa shape index (κ3) is 3.67. The summed E-state index contributed by atoms with van der Waals surface area (Å²) in [5, 5.41) is 11.4. The van der Waals surface area contributed by atoms with E-state index in [1.165, 1.54) is 0 Å². The number of carbonyl (C=O) groups is 1. The molecule has 1 fully saturated rings. The summed E-state index contributed by atoms with van der Waals surface area (Å²) in [4.78, 5) is 14.5. The number of carbonyl (C=O) groups excluding carboxylic acids is 1. The Balaban J connectivity index is 1.53. The average molecular weight is 331 g/mol. The lowest BCUT2D eigenvalue weighted by atomic mass is 9.96. The van der Waals surface area contributed by atoms with Crippen molar-refractivity contribution < 1.29 is 9.21 Å². The lowest BCUT2D eigenvalue weighted by Crippen LogP contribution is -2.39. The Bertz CT molecular complexity index is 698. The zero-order valence-corrected chi connectivity index (χ0v) is 14.6. The second kappa shape index (κ2) is 7.17. The Hall–Kier alpha value is -2.15. The van der Waals surface area contributed by atoms with Crippen molar-refractivity contribution in [2.75, 3.05) is 20.1 Å². The number of rotatable bonds is 5. The molecule has 130 valence electrons. The second-order valence-electron chi connectivity index (χ2n) is 6.57. The van der Waals surface area contributed by atoms with Gasteiger partial charge in [0.1, 0.15) is 5.76 Å². The molecule has 1 aliphatic rings. The predicted octanol–water partition coefficient (Wildman–Crippen LogP) is 1.76. The van der Waals surface area contributed by atoms with Crippen molar-refractivity contribution in [2.24, 2.45) is 5.92 Å². The fourth-order valence-electron chi connectivity index (χ4n) is 3.27. The highest BCUT2D eigenvalue weighted by atomic mass is 16.4. The van der Waals surface area contributed by atoms with E-state index in [-0.39, 0.29) is 5.91 Å². The highest BCUT2D eigenvalue weighted by molar-refractivity contribution is 5.93. The molecule has 0 unspecified atom stereocenters. The molecule has 1 amide bonds. The Kier molecular flexibility index (Phi) is 4.99. The molecule has 2 aromatic rings. The third-order valence-electron chi connectivity index (χ3n) is 4.53. The average Bonchev–Trinajstić information content (AvgIpc) is 3.14. The molecule has 0 aliphatic carbocycles. The standard InChI is InChI=1S/C17H25N5O2/c1-12-8-13(2)24-16(12)17(23)21-6-4-14(5-7-21)10-22-11-15(9-18-3)19-20-22/h8,11,14,18H,4-7,9-10H2,1-3H3. The SMILES string of the molecule is CNCc1cn(CC2CCN(C(=O)c3oc(C)cc3C)CC2)nn1. The lowest BCUT2D eigenvalue weighted by Gasteiger charge is -2.31. The molecule has 7 nitrogen and oxygen atoms in total. The Morgan fingerprint density at radius 2 is 2.12 bits per heavy atom. The van der Waals surface area contributed by atoms with Crippen LogP contribution in [0, 0.1) is 19.8 Å². The summed E-state index contributed by atoms with van der Waals surface area (Å²) in [6, 6.07) is 1.91. The van der Waals surface area contributed by atoms with E-state index in [2.05, 4.69) is 15.6 Å². The first-order valence-electron chi connectivity index (χ1n) is 8.46. The van der Waals surface area contributed by atoms with Crippen LogP contribution >= 0.6 is 0 Å². The molecular formula is C17H25N5O2. The van der Waals surface area contributed by atoms with Crippen LogP contribution in [0.4, 0.5) is 0 Å². The number of nitrogens with one attached hydrogen (secondary N) is 1. The van der Waals surface area contributed by atoms with Gasteiger partial charge in [-0.05, 0) is 45.7 Å². The van der Waals surface area contributed by atoms with Gasteiger partial charge in [0.15, 0.2) is 5.76 Å². The van der Waals surface area contributed by atoms with Crippen LogP contribution in [-0.4, -0.2) is 45.9 Å². The minimum atomic E-state index is 0.0103. The summed E-state index contributed by atoms with van der Waals surface area (Å²) in [5.74, 6) is 1.81. The maximum Gasteiger partial charge on any atom is 0.289 e. The highest BCUT2D eigenvalue weighted by Gasteiger charge is 2.27. The van der Waals surface area contributed by atoms with Gasteiger partial charge in [-0.3, -0.25) is 9.48 Å². The fourth-order valence-corrected chi connectivity index (χ4v) is 3.27. The van der Waals surface area contributed by atoms with Crippen LogP contribution in [0.2, 0.25) is 0 Å². The van der Waals surface area contributed by atoms with Gasteiger partial charge in [-0.25, -0.2) is 0 Å². The molecule has 24 heavy (non-hydrogen) atoms. The van der Waals surface area contributed by atoms with Crippen LogP contribution < -0.4 is 5.32 Å². The predicted molar refractivity (Wildman–Crippen MR) is 89.6 cm³/mol. The zero-order valence-electron chi connectivity index (χ0n) is 14.6. The third-order valence-corrected chi connectivity index (χ3v) is 4.53. The van der Waals surface area contributed by atoms with E-state index < -0.39 is 0 Å². The summed E-state index contributed by atoms with van der Waals surface area (Å²) in [7, 11) is 1.90. The Morgan fingerprint density at radius 3 is 2.75 bits per heavy atom. The van der Waals surface area contributed by atoms with Crippen LogP contribution in [-0.2, 0) is 13.1 Å². The molecule has 7 heteroatoms. The molecule has 0 atom stereocenters. The number of piperidine rings is 1. The number of hydrogen-bond donors (Lipinski definition) is 1. The van der Waals surface area contributed by atoms with E-state index in [9.17, 15) is 4.79 Å². The molecule has 0 radical (unpaired) electrons. The van der Waals surface area contributed by atoms with E-state index in [0.29, 0.717) is 11.7 Å². The molecule has 1 aliphatic heterocycles. The van der Waals surface area contributed by atoms with Crippen LogP contribution in [0.25, 0.3) is 0 Å². The van der Waals surface area contributed by atoms with Crippen molar-refractivity contribution in [2.45, 2.75) is 39.8 Å². The number of likely N-dealkylation sites (tertiary alicyclic amines) is 1.